The first-order chi connectivity index (χ1) is 18.4. The minimum atomic E-state index is -0.611. The van der Waals surface area contributed by atoms with Gasteiger partial charge in [0.15, 0.2) is 11.6 Å². The van der Waals surface area contributed by atoms with Crippen molar-refractivity contribution in [2.75, 3.05) is 23.9 Å². The summed E-state index contributed by atoms with van der Waals surface area (Å²) in [6.07, 6.45) is -0.611. The molecule has 0 radical (unpaired) electrons. The van der Waals surface area contributed by atoms with E-state index in [0.717, 1.165) is 5.69 Å². The van der Waals surface area contributed by atoms with Crippen molar-refractivity contribution in [2.24, 2.45) is 10.2 Å². The number of halogens is 1. The van der Waals surface area contributed by atoms with E-state index in [0.29, 0.717) is 33.7 Å². The molecule has 0 aliphatic heterocycles. The molecule has 11 nitrogen and oxygen atoms in total. The van der Waals surface area contributed by atoms with Crippen LogP contribution < -0.4 is 16.8 Å². The third-order valence-electron chi connectivity index (χ3n) is 5.14. The van der Waals surface area contributed by atoms with Gasteiger partial charge in [0.25, 0.3) is 0 Å². The number of anilines is 3. The van der Waals surface area contributed by atoms with E-state index in [1.165, 1.54) is 7.11 Å². The zero-order valence-electron chi connectivity index (χ0n) is 20.7. The number of nitrogen functional groups attached to an aromatic ring is 2. The van der Waals surface area contributed by atoms with Crippen molar-refractivity contribution in [2.45, 2.75) is 0 Å². The van der Waals surface area contributed by atoms with Crippen molar-refractivity contribution in [3.8, 4) is 0 Å². The number of H-pyrrole nitrogens is 1. The standard InChI is InChI=1S/C16H13N3O3.C11H11N5.ClH/c1-22-16(21)19-15-17-12-8-7-11(9-13(12)18-15)14(20)10-5-3-2-4-6-10;12-10-7-6-9(11(13)14-10)16-15-8-4-2-1-3-5-8;/h2-9H,1H3,(H2,17,18,19,21);1-7H,(H4,12,13,14);1H. The fourth-order valence-corrected chi connectivity index (χ4v) is 3.29. The van der Waals surface area contributed by atoms with E-state index in [1.807, 2.05) is 48.5 Å². The molecule has 0 atom stereocenters. The third-order valence-corrected chi connectivity index (χ3v) is 5.14. The molecule has 0 aliphatic rings. The number of nitrogens with two attached hydrogens (primary N) is 2. The van der Waals surface area contributed by atoms with Crippen LogP contribution in [0.15, 0.2) is 101 Å². The summed E-state index contributed by atoms with van der Waals surface area (Å²) in [6.45, 7) is 0. The van der Waals surface area contributed by atoms with Crippen molar-refractivity contribution in [1.29, 1.82) is 0 Å². The Morgan fingerprint density at radius 3 is 2.21 bits per heavy atom. The maximum atomic E-state index is 12.4. The summed E-state index contributed by atoms with van der Waals surface area (Å²) in [5.74, 6) is 0.849. The number of imidazole rings is 1. The second kappa shape index (κ2) is 13.3. The van der Waals surface area contributed by atoms with Crippen LogP contribution in [0, 0.1) is 0 Å². The Balaban J connectivity index is 0.000000220. The van der Waals surface area contributed by atoms with E-state index >= 15 is 0 Å². The molecule has 198 valence electrons. The van der Waals surface area contributed by atoms with Gasteiger partial charge >= 0.3 is 6.09 Å². The molecule has 2 heterocycles. The molecule has 0 spiro atoms. The van der Waals surface area contributed by atoms with Gasteiger partial charge in [0, 0.05) is 11.1 Å². The second-order valence-corrected chi connectivity index (χ2v) is 7.81. The topological polar surface area (TPSA) is 174 Å². The highest BCUT2D eigenvalue weighted by molar-refractivity contribution is 6.10. The fourth-order valence-electron chi connectivity index (χ4n) is 3.29. The SMILES string of the molecule is COC(=O)Nc1nc2ccc(C(=O)c3ccccc3)cc2[nH]1.Cl.Nc1ccc(N=Nc2ccccc2)c(N)n1. The Morgan fingerprint density at radius 1 is 0.846 bits per heavy atom. The molecule has 12 heteroatoms. The van der Waals surface area contributed by atoms with Gasteiger partial charge in [-0.05, 0) is 42.5 Å². The van der Waals surface area contributed by atoms with E-state index in [-0.39, 0.29) is 30.0 Å². The van der Waals surface area contributed by atoms with E-state index in [4.69, 9.17) is 11.5 Å². The van der Waals surface area contributed by atoms with Gasteiger partial charge in [0.2, 0.25) is 5.95 Å². The van der Waals surface area contributed by atoms with Crippen molar-refractivity contribution in [3.05, 3.63) is 102 Å². The number of azo groups is 1. The van der Waals surface area contributed by atoms with Gasteiger partial charge in [-0.25, -0.2) is 14.8 Å². The van der Waals surface area contributed by atoms with Crippen LogP contribution in [0.5, 0.6) is 0 Å². The molecule has 3 aromatic carbocycles. The van der Waals surface area contributed by atoms with Crippen molar-refractivity contribution in [3.63, 3.8) is 0 Å². The molecule has 2 aromatic heterocycles. The van der Waals surface area contributed by atoms with Crippen LogP contribution >= 0.6 is 12.4 Å². The van der Waals surface area contributed by atoms with E-state index < -0.39 is 6.09 Å². The Labute approximate surface area is 229 Å². The largest absolute Gasteiger partial charge is 0.453 e. The average molecular weight is 545 g/mol. The number of carbonyl (C=O) groups is 2. The smallest absolute Gasteiger partial charge is 0.413 e. The number of amides is 1. The first-order valence-electron chi connectivity index (χ1n) is 11.4. The number of nitrogens with zero attached hydrogens (tertiary/aromatic N) is 4. The summed E-state index contributed by atoms with van der Waals surface area (Å²) < 4.78 is 4.51. The van der Waals surface area contributed by atoms with Crippen LogP contribution in [0.25, 0.3) is 11.0 Å². The molecular weight excluding hydrogens is 520 g/mol. The van der Waals surface area contributed by atoms with Crippen LogP contribution in [0.1, 0.15) is 15.9 Å². The number of nitrogens with one attached hydrogen (secondary N) is 2. The Morgan fingerprint density at radius 2 is 1.54 bits per heavy atom. The number of pyridine rings is 1. The molecule has 0 aliphatic carbocycles. The maximum absolute atomic E-state index is 12.4. The van der Waals surface area contributed by atoms with Gasteiger partial charge in [-0.3, -0.25) is 10.1 Å². The Kier molecular flexibility index (Phi) is 9.65. The summed E-state index contributed by atoms with van der Waals surface area (Å²) >= 11 is 0. The highest BCUT2D eigenvalue weighted by Gasteiger charge is 2.12. The van der Waals surface area contributed by atoms with E-state index in [9.17, 15) is 9.59 Å². The summed E-state index contributed by atoms with van der Waals surface area (Å²) in [6, 6.07) is 26.9. The fraction of sp³-hybridized carbons (Fsp3) is 0.0370. The number of carbonyl (C=O) groups excluding carboxylic acids is 2. The lowest BCUT2D eigenvalue weighted by atomic mass is 10.0. The predicted octanol–water partition coefficient (Wildman–Crippen LogP) is 6.06. The summed E-state index contributed by atoms with van der Waals surface area (Å²) in [5, 5.41) is 10.5. The lowest BCUT2D eigenvalue weighted by Crippen LogP contribution is -2.11. The minimum absolute atomic E-state index is 0. The zero-order valence-corrected chi connectivity index (χ0v) is 21.6. The lowest BCUT2D eigenvalue weighted by Gasteiger charge is -2.00. The number of aromatic amines is 1. The maximum Gasteiger partial charge on any atom is 0.413 e. The Hall–Kier alpha value is -5.29. The zero-order chi connectivity index (χ0) is 26.9. The number of ether oxygens (including phenoxy) is 1. The molecule has 0 saturated carbocycles. The summed E-state index contributed by atoms with van der Waals surface area (Å²) in [4.78, 5) is 34.6. The minimum Gasteiger partial charge on any atom is -0.453 e. The molecule has 0 saturated heterocycles. The number of hydrogen-bond donors (Lipinski definition) is 4. The van der Waals surface area contributed by atoms with Crippen LogP contribution in [0.4, 0.5) is 33.8 Å². The molecule has 0 fully saturated rings. The third kappa shape index (κ3) is 7.60. The molecule has 6 N–H and O–H groups in total. The lowest BCUT2D eigenvalue weighted by molar-refractivity contribution is 0.103. The molecule has 5 rings (SSSR count). The summed E-state index contributed by atoms with van der Waals surface area (Å²) in [7, 11) is 1.27. The first kappa shape index (κ1) is 28.3. The molecule has 39 heavy (non-hydrogen) atoms. The number of methoxy groups -OCH3 is 1. The van der Waals surface area contributed by atoms with Gasteiger partial charge in [-0.15, -0.1) is 17.5 Å². The molecule has 1 amide bonds. The molecule has 0 unspecified atom stereocenters. The first-order valence-corrected chi connectivity index (χ1v) is 11.4. The highest BCUT2D eigenvalue weighted by Crippen LogP contribution is 2.23. The van der Waals surface area contributed by atoms with Gasteiger partial charge in [-0.1, -0.05) is 48.5 Å². The molecular formula is C27H25ClN8O3. The average Bonchev–Trinajstić information content (AvgIpc) is 3.35. The second-order valence-electron chi connectivity index (χ2n) is 7.81. The van der Waals surface area contributed by atoms with Gasteiger partial charge in [-0.2, -0.15) is 5.11 Å². The number of benzene rings is 3. The summed E-state index contributed by atoms with van der Waals surface area (Å²) in [5.41, 5.74) is 14.9. The monoisotopic (exact) mass is 544 g/mol. The number of hydrogen-bond acceptors (Lipinski definition) is 9. The number of rotatable bonds is 5. The highest BCUT2D eigenvalue weighted by atomic mass is 35.5. The molecule has 5 aromatic rings. The van der Waals surface area contributed by atoms with Crippen LogP contribution in [-0.2, 0) is 4.74 Å². The van der Waals surface area contributed by atoms with Gasteiger partial charge in [0.1, 0.15) is 11.5 Å². The van der Waals surface area contributed by atoms with Crippen LogP contribution in [0.3, 0.4) is 0 Å². The van der Waals surface area contributed by atoms with Crippen molar-refractivity contribution < 1.29 is 14.3 Å². The molecule has 0 bridgehead atoms. The van der Waals surface area contributed by atoms with E-state index in [1.54, 1.807) is 42.5 Å². The predicted molar refractivity (Wildman–Crippen MR) is 153 cm³/mol. The number of fused-ring (bicyclic) bond motifs is 1. The quantitative estimate of drug-likeness (QED) is 0.154. The van der Waals surface area contributed by atoms with Gasteiger partial charge in [0.05, 0.1) is 23.8 Å². The van der Waals surface area contributed by atoms with Gasteiger partial charge < -0.3 is 21.2 Å². The Bertz CT molecular complexity index is 1590. The van der Waals surface area contributed by atoms with Crippen molar-refractivity contribution >= 4 is 64.3 Å². The van der Waals surface area contributed by atoms with E-state index in [2.05, 4.69) is 35.2 Å². The van der Waals surface area contributed by atoms with Crippen LogP contribution in [0.2, 0.25) is 0 Å². The van der Waals surface area contributed by atoms with Crippen molar-refractivity contribution in [1.82, 2.24) is 15.0 Å². The number of ketones is 1. The number of aromatic nitrogens is 3. The normalized spacial score (nSPS) is 10.3. The van der Waals surface area contributed by atoms with Crippen LogP contribution in [-0.4, -0.2) is 33.9 Å².